The van der Waals surface area contributed by atoms with Crippen LogP contribution in [0.3, 0.4) is 0 Å². The van der Waals surface area contributed by atoms with Crippen LogP contribution < -0.4 is 10.2 Å². The van der Waals surface area contributed by atoms with E-state index in [1.54, 1.807) is 6.20 Å². The summed E-state index contributed by atoms with van der Waals surface area (Å²) >= 11 is 0. The van der Waals surface area contributed by atoms with Gasteiger partial charge in [0.25, 0.3) is 0 Å². The van der Waals surface area contributed by atoms with Crippen molar-refractivity contribution in [2.75, 3.05) is 18.0 Å². The van der Waals surface area contributed by atoms with Gasteiger partial charge in [0.1, 0.15) is 0 Å². The van der Waals surface area contributed by atoms with Crippen LogP contribution in [0.25, 0.3) is 11.1 Å². The van der Waals surface area contributed by atoms with Crippen LogP contribution in [0.4, 0.5) is 5.69 Å². The third-order valence-corrected chi connectivity index (χ3v) is 8.69. The van der Waals surface area contributed by atoms with Crippen LogP contribution in [0.15, 0.2) is 48.8 Å². The van der Waals surface area contributed by atoms with Gasteiger partial charge < -0.3 is 15.3 Å². The van der Waals surface area contributed by atoms with E-state index >= 15 is 0 Å². The summed E-state index contributed by atoms with van der Waals surface area (Å²) in [7, 11) is 0. The first kappa shape index (κ1) is 20.2. The lowest BCUT2D eigenvalue weighted by molar-refractivity contribution is -0.163. The molecule has 0 radical (unpaired) electrons. The highest BCUT2D eigenvalue weighted by atomic mass is 16.3. The van der Waals surface area contributed by atoms with Gasteiger partial charge in [-0.25, -0.2) is 0 Å². The van der Waals surface area contributed by atoms with E-state index in [0.717, 1.165) is 63.6 Å². The van der Waals surface area contributed by atoms with Gasteiger partial charge in [0.15, 0.2) is 0 Å². The highest BCUT2D eigenvalue weighted by Gasteiger charge is 2.58. The smallest absolute Gasteiger partial charge is 0.226 e. The Morgan fingerprint density at radius 1 is 1.06 bits per heavy atom. The second kappa shape index (κ2) is 7.87. The number of rotatable bonds is 4. The highest BCUT2D eigenvalue weighted by molar-refractivity contribution is 5.83. The maximum absolute atomic E-state index is 13.5. The average Bonchev–Trinajstić information content (AvgIpc) is 2.83. The zero-order chi connectivity index (χ0) is 21.7. The fourth-order valence-electron chi connectivity index (χ4n) is 7.34. The van der Waals surface area contributed by atoms with Crippen molar-refractivity contribution in [1.82, 2.24) is 10.3 Å². The predicted octanol–water partition coefficient (Wildman–Crippen LogP) is 4.02. The monoisotopic (exact) mass is 431 g/mol. The molecule has 5 fully saturated rings. The SMILES string of the molecule is O=C(N[C@H]1CCCN(c2ccc(-c3cccnc3)cc2)C1)C12CC3CC(C1)C(O)C(C3)C2. The summed E-state index contributed by atoms with van der Waals surface area (Å²) in [5.74, 6) is 1.59. The molecule has 0 spiro atoms. The normalized spacial score (nSPS) is 35.7. The number of carbonyl (C=O) groups is 1. The molecule has 4 saturated carbocycles. The topological polar surface area (TPSA) is 65.5 Å². The Bertz CT molecular complexity index is 960. The molecule has 1 aliphatic heterocycles. The van der Waals surface area contributed by atoms with Crippen molar-refractivity contribution in [2.24, 2.45) is 23.2 Å². The van der Waals surface area contributed by atoms with E-state index < -0.39 is 0 Å². The van der Waals surface area contributed by atoms with Crippen LogP contribution in [-0.2, 0) is 4.79 Å². The summed E-state index contributed by atoms with van der Waals surface area (Å²) in [5, 5.41) is 14.0. The summed E-state index contributed by atoms with van der Waals surface area (Å²) in [5.41, 5.74) is 3.30. The lowest BCUT2D eigenvalue weighted by atomic mass is 9.48. The minimum atomic E-state index is -0.219. The minimum absolute atomic E-state index is 0.174. The second-order valence-corrected chi connectivity index (χ2v) is 10.8. The van der Waals surface area contributed by atoms with Crippen LogP contribution in [0.1, 0.15) is 44.9 Å². The quantitative estimate of drug-likeness (QED) is 0.767. The molecule has 7 rings (SSSR count). The molecule has 3 atom stereocenters. The Morgan fingerprint density at radius 2 is 1.84 bits per heavy atom. The lowest BCUT2D eigenvalue weighted by Gasteiger charge is -2.58. The molecule has 5 nitrogen and oxygen atoms in total. The van der Waals surface area contributed by atoms with Gasteiger partial charge in [0.05, 0.1) is 11.5 Å². The molecule has 2 heterocycles. The number of nitrogens with one attached hydrogen (secondary N) is 1. The molecule has 1 aromatic carbocycles. The Hall–Kier alpha value is -2.40. The molecule has 2 unspecified atom stereocenters. The number of pyridine rings is 1. The molecule has 2 N–H and O–H groups in total. The van der Waals surface area contributed by atoms with Crippen molar-refractivity contribution >= 4 is 11.6 Å². The van der Waals surface area contributed by atoms with Crippen LogP contribution in [-0.4, -0.2) is 41.2 Å². The number of aliphatic hydroxyl groups is 1. The van der Waals surface area contributed by atoms with Crippen molar-refractivity contribution in [3.63, 3.8) is 0 Å². The number of hydrogen-bond acceptors (Lipinski definition) is 4. The van der Waals surface area contributed by atoms with Gasteiger partial charge in [0, 0.05) is 37.2 Å². The van der Waals surface area contributed by atoms with Gasteiger partial charge in [-0.1, -0.05) is 18.2 Å². The third-order valence-electron chi connectivity index (χ3n) is 8.69. The number of hydrogen-bond donors (Lipinski definition) is 2. The van der Waals surface area contributed by atoms with Crippen LogP contribution in [0.5, 0.6) is 0 Å². The van der Waals surface area contributed by atoms with Gasteiger partial charge >= 0.3 is 0 Å². The molecule has 1 amide bonds. The van der Waals surface area contributed by atoms with Crippen molar-refractivity contribution in [2.45, 2.75) is 57.1 Å². The molecule has 168 valence electrons. The molecule has 4 aliphatic carbocycles. The number of carbonyl (C=O) groups excluding carboxylic acids is 1. The van der Waals surface area contributed by atoms with E-state index in [9.17, 15) is 9.90 Å². The minimum Gasteiger partial charge on any atom is -0.393 e. The highest BCUT2D eigenvalue weighted by Crippen LogP contribution is 2.60. The Labute approximate surface area is 190 Å². The fourth-order valence-corrected chi connectivity index (χ4v) is 7.34. The zero-order valence-corrected chi connectivity index (χ0v) is 18.6. The van der Waals surface area contributed by atoms with Crippen LogP contribution >= 0.6 is 0 Å². The summed E-state index contributed by atoms with van der Waals surface area (Å²) in [6.07, 6.45) is 10.7. The molecule has 32 heavy (non-hydrogen) atoms. The van der Waals surface area contributed by atoms with E-state index in [2.05, 4.69) is 45.5 Å². The largest absolute Gasteiger partial charge is 0.393 e. The van der Waals surface area contributed by atoms with Crippen molar-refractivity contribution in [3.05, 3.63) is 48.8 Å². The molecule has 4 bridgehead atoms. The van der Waals surface area contributed by atoms with E-state index in [-0.39, 0.29) is 23.5 Å². The van der Waals surface area contributed by atoms with E-state index in [1.807, 2.05) is 12.3 Å². The number of aromatic nitrogens is 1. The first-order valence-electron chi connectivity index (χ1n) is 12.3. The average molecular weight is 432 g/mol. The molecular weight excluding hydrogens is 398 g/mol. The Balaban J connectivity index is 1.12. The standard InChI is InChI=1S/C27H33N3O2/c31-25-21-11-18-12-22(25)15-27(13-18,14-21)26(32)29-23-4-2-10-30(17-23)24-7-5-19(6-8-24)20-3-1-9-28-16-20/h1,3,5-9,16,18,21-23,25,31H,2,4,10-15,17H2,(H,29,32)/t18?,21?,22?,23-,25?,27?/m0/s1. The van der Waals surface area contributed by atoms with Gasteiger partial charge in [0.2, 0.25) is 5.91 Å². The number of piperidine rings is 1. The first-order valence-corrected chi connectivity index (χ1v) is 12.3. The number of anilines is 1. The van der Waals surface area contributed by atoms with Crippen LogP contribution in [0.2, 0.25) is 0 Å². The molecular formula is C27H33N3O2. The summed E-state index contributed by atoms with van der Waals surface area (Å²) in [4.78, 5) is 20.1. The van der Waals surface area contributed by atoms with Crippen molar-refractivity contribution in [3.8, 4) is 11.1 Å². The Morgan fingerprint density at radius 3 is 2.56 bits per heavy atom. The maximum atomic E-state index is 13.5. The Kier molecular flexibility index (Phi) is 4.98. The summed E-state index contributed by atoms with van der Waals surface area (Å²) in [6, 6.07) is 12.9. The number of nitrogens with zero attached hydrogens (tertiary/aromatic N) is 2. The third kappa shape index (κ3) is 3.51. The maximum Gasteiger partial charge on any atom is 0.226 e. The molecule has 5 aliphatic rings. The van der Waals surface area contributed by atoms with Gasteiger partial charge in [-0.15, -0.1) is 0 Å². The van der Waals surface area contributed by atoms with E-state index in [1.165, 1.54) is 11.3 Å². The first-order chi connectivity index (χ1) is 15.6. The van der Waals surface area contributed by atoms with E-state index in [0.29, 0.717) is 17.8 Å². The van der Waals surface area contributed by atoms with Crippen molar-refractivity contribution < 1.29 is 9.90 Å². The second-order valence-electron chi connectivity index (χ2n) is 10.8. The van der Waals surface area contributed by atoms with Crippen molar-refractivity contribution in [1.29, 1.82) is 0 Å². The number of amides is 1. The lowest BCUT2D eigenvalue weighted by Crippen LogP contribution is -2.60. The van der Waals surface area contributed by atoms with Gasteiger partial charge in [-0.2, -0.15) is 0 Å². The van der Waals surface area contributed by atoms with Crippen LogP contribution in [0, 0.1) is 23.2 Å². The van der Waals surface area contributed by atoms with E-state index in [4.69, 9.17) is 0 Å². The molecule has 2 aromatic rings. The van der Waals surface area contributed by atoms with Gasteiger partial charge in [-0.3, -0.25) is 9.78 Å². The van der Waals surface area contributed by atoms with Gasteiger partial charge in [-0.05, 0) is 92.0 Å². The molecule has 1 saturated heterocycles. The predicted molar refractivity (Wildman–Crippen MR) is 125 cm³/mol. The fraction of sp³-hybridized carbons (Fsp3) is 0.556. The zero-order valence-electron chi connectivity index (χ0n) is 18.6. The molecule has 1 aromatic heterocycles. The molecule has 5 heteroatoms. The summed E-state index contributed by atoms with van der Waals surface area (Å²) in [6.45, 7) is 1.90. The number of benzene rings is 1. The number of aliphatic hydroxyl groups excluding tert-OH is 1. The summed E-state index contributed by atoms with van der Waals surface area (Å²) < 4.78 is 0.